The highest BCUT2D eigenvalue weighted by molar-refractivity contribution is 14.0. The zero-order valence-corrected chi connectivity index (χ0v) is 21.8. The number of hydrogen-bond acceptors (Lipinski definition) is 5. The van der Waals surface area contributed by atoms with Crippen molar-refractivity contribution in [1.29, 1.82) is 0 Å². The van der Waals surface area contributed by atoms with E-state index >= 15 is 0 Å². The zero-order valence-electron chi connectivity index (χ0n) is 19.5. The van der Waals surface area contributed by atoms with Crippen molar-refractivity contribution in [2.75, 3.05) is 46.3 Å². The fourth-order valence-corrected chi connectivity index (χ4v) is 3.71. The third kappa shape index (κ3) is 8.38. The number of aliphatic hydroxyl groups is 1. The monoisotopic (exact) mass is 555 g/mol. The summed E-state index contributed by atoms with van der Waals surface area (Å²) in [7, 11) is 2.20. The van der Waals surface area contributed by atoms with Crippen LogP contribution >= 0.6 is 24.0 Å². The van der Waals surface area contributed by atoms with Gasteiger partial charge in [-0.05, 0) is 63.7 Å². The van der Waals surface area contributed by atoms with Gasteiger partial charge in [-0.3, -0.25) is 4.90 Å². The molecule has 2 aromatic rings. The van der Waals surface area contributed by atoms with E-state index in [2.05, 4.69) is 56.7 Å². The van der Waals surface area contributed by atoms with Crippen LogP contribution in [0.3, 0.4) is 0 Å². The molecule has 1 unspecified atom stereocenters. The van der Waals surface area contributed by atoms with Gasteiger partial charge < -0.3 is 25.1 Å². The maximum absolute atomic E-state index is 10.6. The van der Waals surface area contributed by atoms with Crippen molar-refractivity contribution in [2.24, 2.45) is 4.99 Å². The molecule has 2 heterocycles. The van der Waals surface area contributed by atoms with Crippen LogP contribution in [0.2, 0.25) is 0 Å². The van der Waals surface area contributed by atoms with Crippen LogP contribution in [0, 0.1) is 0 Å². The average Bonchev–Trinajstić information content (AvgIpc) is 3.24. The minimum absolute atomic E-state index is 0. The van der Waals surface area contributed by atoms with Crippen molar-refractivity contribution in [3.63, 3.8) is 0 Å². The van der Waals surface area contributed by atoms with E-state index in [4.69, 9.17) is 4.42 Å². The molecule has 7 nitrogen and oxygen atoms in total. The van der Waals surface area contributed by atoms with Gasteiger partial charge in [0.05, 0.1) is 19.4 Å². The first-order valence-electron chi connectivity index (χ1n) is 11.2. The Labute approximate surface area is 209 Å². The number of guanidine groups is 1. The van der Waals surface area contributed by atoms with Crippen LogP contribution in [0.25, 0.3) is 0 Å². The van der Waals surface area contributed by atoms with Crippen LogP contribution in [-0.2, 0) is 18.7 Å². The van der Waals surface area contributed by atoms with Crippen molar-refractivity contribution in [3.05, 3.63) is 59.5 Å². The maximum Gasteiger partial charge on any atom is 0.191 e. The van der Waals surface area contributed by atoms with Gasteiger partial charge in [0.15, 0.2) is 5.96 Å². The van der Waals surface area contributed by atoms with E-state index in [-0.39, 0.29) is 24.0 Å². The first-order chi connectivity index (χ1) is 15.0. The van der Waals surface area contributed by atoms with Gasteiger partial charge in [0, 0.05) is 26.2 Å². The molecule has 1 aromatic carbocycles. The third-order valence-electron chi connectivity index (χ3n) is 5.66. The molecule has 3 rings (SSSR count). The maximum atomic E-state index is 10.6. The first kappa shape index (κ1) is 26.6. The molecule has 1 aliphatic heterocycles. The Bertz CT molecular complexity index is 808. The molecule has 0 bridgehead atoms. The Kier molecular flexibility index (Phi) is 11.0. The summed E-state index contributed by atoms with van der Waals surface area (Å²) < 4.78 is 5.34. The Morgan fingerprint density at radius 3 is 2.53 bits per heavy atom. The summed E-state index contributed by atoms with van der Waals surface area (Å²) >= 11 is 0. The van der Waals surface area contributed by atoms with Crippen molar-refractivity contribution in [2.45, 2.75) is 39.0 Å². The predicted octanol–water partition coefficient (Wildman–Crippen LogP) is 3.00. The highest BCUT2D eigenvalue weighted by Gasteiger charge is 2.26. The summed E-state index contributed by atoms with van der Waals surface area (Å²) in [6, 6.07) is 12.3. The minimum Gasteiger partial charge on any atom is -0.466 e. The molecule has 32 heavy (non-hydrogen) atoms. The Balaban J connectivity index is 0.00000363. The van der Waals surface area contributed by atoms with Crippen LogP contribution in [0.15, 0.2) is 52.1 Å². The lowest BCUT2D eigenvalue weighted by molar-refractivity contribution is 0.0386. The van der Waals surface area contributed by atoms with Gasteiger partial charge in [-0.25, -0.2) is 4.99 Å². The van der Waals surface area contributed by atoms with Gasteiger partial charge in [0.1, 0.15) is 11.4 Å². The normalized spacial score (nSPS) is 17.8. The van der Waals surface area contributed by atoms with Crippen molar-refractivity contribution < 1.29 is 9.52 Å². The number of halogens is 1. The second-order valence-corrected chi connectivity index (χ2v) is 8.55. The predicted molar refractivity (Wildman–Crippen MR) is 140 cm³/mol. The number of nitrogens with zero attached hydrogens (tertiary/aromatic N) is 3. The molecule has 1 aromatic heterocycles. The summed E-state index contributed by atoms with van der Waals surface area (Å²) in [6.45, 7) is 11.0. The summed E-state index contributed by atoms with van der Waals surface area (Å²) in [5.74, 6) is 1.20. The highest BCUT2D eigenvalue weighted by atomic mass is 127. The van der Waals surface area contributed by atoms with Gasteiger partial charge in [0.25, 0.3) is 0 Å². The van der Waals surface area contributed by atoms with Gasteiger partial charge in [-0.2, -0.15) is 0 Å². The van der Waals surface area contributed by atoms with Gasteiger partial charge in [-0.15, -0.1) is 24.0 Å². The summed E-state index contributed by atoms with van der Waals surface area (Å²) in [5.41, 5.74) is 1.40. The quantitative estimate of drug-likeness (QED) is 0.264. The van der Waals surface area contributed by atoms with Crippen LogP contribution in [0.5, 0.6) is 0 Å². The summed E-state index contributed by atoms with van der Waals surface area (Å²) in [4.78, 5) is 9.62. The number of likely N-dealkylation sites (N-methyl/N-ethyl adjacent to an activating group) is 1. The number of furan rings is 1. The Morgan fingerprint density at radius 2 is 1.84 bits per heavy atom. The lowest BCUT2D eigenvalue weighted by Gasteiger charge is -2.22. The van der Waals surface area contributed by atoms with Crippen LogP contribution < -0.4 is 10.6 Å². The van der Waals surface area contributed by atoms with E-state index in [9.17, 15) is 5.11 Å². The fraction of sp³-hybridized carbons (Fsp3) is 0.542. The van der Waals surface area contributed by atoms with Crippen molar-refractivity contribution in [3.8, 4) is 0 Å². The average molecular weight is 556 g/mol. The molecule has 0 saturated carbocycles. The smallest absolute Gasteiger partial charge is 0.191 e. The second-order valence-electron chi connectivity index (χ2n) is 8.55. The van der Waals surface area contributed by atoms with E-state index in [0.29, 0.717) is 24.8 Å². The molecule has 1 fully saturated rings. The van der Waals surface area contributed by atoms with E-state index in [1.807, 2.05) is 6.92 Å². The van der Waals surface area contributed by atoms with Crippen LogP contribution in [-0.4, -0.2) is 67.2 Å². The Hall–Kier alpha value is -1.62. The number of hydrogen-bond donors (Lipinski definition) is 3. The second kappa shape index (κ2) is 13.2. The molecule has 0 aliphatic carbocycles. The van der Waals surface area contributed by atoms with Crippen molar-refractivity contribution >= 4 is 29.9 Å². The molecule has 1 atom stereocenters. The number of nitrogens with one attached hydrogen (secondary N) is 2. The fourth-order valence-electron chi connectivity index (χ4n) is 3.71. The molecule has 1 saturated heterocycles. The third-order valence-corrected chi connectivity index (χ3v) is 5.66. The standard InChI is InChI=1S/C24H37N5O2.HI/c1-4-25-23(27-19-24(2,30)22-7-5-16-31-22)26-17-20-8-10-21(11-9-20)18-29-13-6-12-28(3)14-15-29;/h5,7-11,16,30H,4,6,12-15,17-19H2,1-3H3,(H2,25,26,27);1H. The molecule has 0 radical (unpaired) electrons. The first-order valence-corrected chi connectivity index (χ1v) is 11.2. The molecular weight excluding hydrogens is 517 g/mol. The van der Waals surface area contributed by atoms with Gasteiger partial charge in [0.2, 0.25) is 0 Å². The van der Waals surface area contributed by atoms with E-state index < -0.39 is 5.60 Å². The number of aliphatic imine (C=N–C) groups is 1. The lowest BCUT2D eigenvalue weighted by atomic mass is 10.0. The largest absolute Gasteiger partial charge is 0.466 e. The van der Waals surface area contributed by atoms with E-state index in [1.165, 1.54) is 18.5 Å². The molecule has 1 aliphatic rings. The molecular formula is C24H38IN5O2. The topological polar surface area (TPSA) is 76.3 Å². The van der Waals surface area contributed by atoms with Gasteiger partial charge >= 0.3 is 0 Å². The highest BCUT2D eigenvalue weighted by Crippen LogP contribution is 2.19. The summed E-state index contributed by atoms with van der Waals surface area (Å²) in [5, 5.41) is 17.1. The Morgan fingerprint density at radius 1 is 1.09 bits per heavy atom. The number of rotatable bonds is 8. The van der Waals surface area contributed by atoms with E-state index in [1.54, 1.807) is 25.3 Å². The molecule has 0 amide bonds. The van der Waals surface area contributed by atoms with Gasteiger partial charge in [-0.1, -0.05) is 24.3 Å². The molecule has 8 heteroatoms. The molecule has 0 spiro atoms. The lowest BCUT2D eigenvalue weighted by Crippen LogP contribution is -2.44. The zero-order chi connectivity index (χ0) is 22.1. The molecule has 178 valence electrons. The summed E-state index contributed by atoms with van der Waals surface area (Å²) in [6.07, 6.45) is 2.80. The minimum atomic E-state index is -1.11. The van der Waals surface area contributed by atoms with Crippen molar-refractivity contribution in [1.82, 2.24) is 20.4 Å². The van der Waals surface area contributed by atoms with E-state index in [0.717, 1.165) is 38.3 Å². The number of benzene rings is 1. The molecule has 3 N–H and O–H groups in total. The van der Waals surface area contributed by atoms with Crippen LogP contribution in [0.4, 0.5) is 0 Å². The SMILES string of the molecule is CCNC(=NCc1ccc(CN2CCCN(C)CC2)cc1)NCC(C)(O)c1ccco1.I. The van der Waals surface area contributed by atoms with Crippen LogP contribution in [0.1, 0.15) is 37.2 Å².